The predicted octanol–water partition coefficient (Wildman–Crippen LogP) is 5.23. The summed E-state index contributed by atoms with van der Waals surface area (Å²) in [6, 6.07) is 0. The van der Waals surface area contributed by atoms with Crippen molar-refractivity contribution < 1.29 is 29.7 Å². The summed E-state index contributed by atoms with van der Waals surface area (Å²) < 4.78 is 0. The van der Waals surface area contributed by atoms with Crippen LogP contribution in [-0.2, 0) is 14.4 Å². The molecular formula is C34H48N2O6. The molecule has 0 radical (unpaired) electrons. The molecule has 8 heteroatoms. The summed E-state index contributed by atoms with van der Waals surface area (Å²) in [5.41, 5.74) is 2.27. The number of aliphatic hydroxyl groups excluding tert-OH is 2. The molecule has 2 amide bonds. The molecule has 0 aliphatic carbocycles. The molecule has 0 heterocycles. The maximum absolute atomic E-state index is 12.2. The molecule has 42 heavy (non-hydrogen) atoms. The van der Waals surface area contributed by atoms with E-state index in [0.717, 1.165) is 5.57 Å². The Morgan fingerprint density at radius 2 is 1.38 bits per heavy atom. The van der Waals surface area contributed by atoms with Crippen LogP contribution in [0, 0.1) is 11.8 Å². The number of carboxylic acids is 1. The zero-order valence-electron chi connectivity index (χ0n) is 25.7. The Labute approximate surface area is 251 Å². The number of amides is 2. The Morgan fingerprint density at radius 3 is 2.05 bits per heavy atom. The van der Waals surface area contributed by atoms with Crippen LogP contribution in [0.3, 0.4) is 0 Å². The van der Waals surface area contributed by atoms with Gasteiger partial charge in [0.15, 0.2) is 0 Å². The number of rotatable bonds is 18. The smallest absolute Gasteiger partial charge is 0.310 e. The quantitative estimate of drug-likeness (QED) is 0.141. The molecule has 5 N–H and O–H groups in total. The second kappa shape index (κ2) is 22.7. The number of hydrogen-bond donors (Lipinski definition) is 5. The molecule has 0 bridgehead atoms. The molecule has 0 aliphatic heterocycles. The van der Waals surface area contributed by atoms with E-state index in [1.807, 2.05) is 63.3 Å². The summed E-state index contributed by atoms with van der Waals surface area (Å²) >= 11 is 0. The highest BCUT2D eigenvalue weighted by Gasteiger charge is 2.15. The third kappa shape index (κ3) is 20.8. The maximum atomic E-state index is 12.2. The molecule has 0 saturated carbocycles. The normalized spacial score (nSPS) is 16.1. The topological polar surface area (TPSA) is 136 Å². The van der Waals surface area contributed by atoms with Gasteiger partial charge in [0, 0.05) is 12.2 Å². The zero-order valence-corrected chi connectivity index (χ0v) is 25.7. The van der Waals surface area contributed by atoms with Gasteiger partial charge in [-0.25, -0.2) is 0 Å². The zero-order chi connectivity index (χ0) is 31.9. The van der Waals surface area contributed by atoms with Crippen molar-refractivity contribution in [1.82, 2.24) is 10.6 Å². The van der Waals surface area contributed by atoms with E-state index < -0.39 is 24.1 Å². The summed E-state index contributed by atoms with van der Waals surface area (Å²) in [6.07, 6.45) is 25.2. The van der Waals surface area contributed by atoms with Crippen molar-refractivity contribution in [2.24, 2.45) is 11.8 Å². The van der Waals surface area contributed by atoms with Crippen molar-refractivity contribution in [3.63, 3.8) is 0 Å². The average Bonchev–Trinajstić information content (AvgIpc) is 2.91. The predicted molar refractivity (Wildman–Crippen MR) is 170 cm³/mol. The second-order valence-corrected chi connectivity index (χ2v) is 10.3. The molecule has 0 aromatic carbocycles. The highest BCUT2D eigenvalue weighted by atomic mass is 16.4. The van der Waals surface area contributed by atoms with Crippen molar-refractivity contribution in [1.29, 1.82) is 0 Å². The molecule has 0 aromatic heterocycles. The third-order valence-electron chi connectivity index (χ3n) is 5.65. The Morgan fingerprint density at radius 1 is 0.762 bits per heavy atom. The second-order valence-electron chi connectivity index (χ2n) is 10.3. The van der Waals surface area contributed by atoms with E-state index in [0.29, 0.717) is 24.2 Å². The number of aliphatic hydroxyl groups is 2. The fourth-order valence-corrected chi connectivity index (χ4v) is 3.12. The lowest BCUT2D eigenvalue weighted by Crippen LogP contribution is -2.35. The third-order valence-corrected chi connectivity index (χ3v) is 5.65. The maximum Gasteiger partial charge on any atom is 0.310 e. The van der Waals surface area contributed by atoms with E-state index in [1.54, 1.807) is 69.4 Å². The van der Waals surface area contributed by atoms with Crippen molar-refractivity contribution in [2.75, 3.05) is 6.54 Å². The van der Waals surface area contributed by atoms with E-state index in [4.69, 9.17) is 5.11 Å². The Kier molecular flexibility index (Phi) is 20.5. The van der Waals surface area contributed by atoms with E-state index >= 15 is 0 Å². The first kappa shape index (κ1) is 38.0. The van der Waals surface area contributed by atoms with Crippen LogP contribution in [0.25, 0.3) is 0 Å². The van der Waals surface area contributed by atoms with Gasteiger partial charge in [0.1, 0.15) is 6.10 Å². The van der Waals surface area contributed by atoms with Gasteiger partial charge in [-0.3, -0.25) is 14.4 Å². The van der Waals surface area contributed by atoms with E-state index in [1.165, 1.54) is 0 Å². The molecule has 230 valence electrons. The summed E-state index contributed by atoms with van der Waals surface area (Å²) in [6.45, 7) is 11.3. The summed E-state index contributed by atoms with van der Waals surface area (Å²) in [4.78, 5) is 34.7. The van der Waals surface area contributed by atoms with Gasteiger partial charge in [0.05, 0.1) is 18.4 Å². The van der Waals surface area contributed by atoms with Crippen LogP contribution in [0.2, 0.25) is 0 Å². The van der Waals surface area contributed by atoms with E-state index in [2.05, 4.69) is 10.6 Å². The fourth-order valence-electron chi connectivity index (χ4n) is 3.12. The standard InChI is InChI=1S/C34H48N2O6/c1-25(2)23-31(38)33(40)35-22-16-9-7-8-11-17-26(3)18-14-15-19-27(4)30(37)24-32(39)36-29(6)21-13-10-12-20-28(5)34(41)42/h7-21,25,28,30-31,37-38H,22-24H2,1-6H3,(H,35,40)(H,36,39)(H,41,42)/b8-7-,13-10+,15-14-,16-9+,17-11+,20-12+,26-18+,27-19-,29-21-. The first-order chi connectivity index (χ1) is 19.8. The largest absolute Gasteiger partial charge is 0.481 e. The molecule has 3 atom stereocenters. The first-order valence-electron chi connectivity index (χ1n) is 14.0. The van der Waals surface area contributed by atoms with E-state index in [9.17, 15) is 24.6 Å². The van der Waals surface area contributed by atoms with Crippen molar-refractivity contribution >= 4 is 17.8 Å². The van der Waals surface area contributed by atoms with Crippen molar-refractivity contribution in [2.45, 2.75) is 66.6 Å². The molecule has 0 aliphatic rings. The minimum Gasteiger partial charge on any atom is -0.481 e. The number of carbonyl (C=O) groups is 3. The van der Waals surface area contributed by atoms with E-state index in [-0.39, 0.29) is 24.2 Å². The van der Waals surface area contributed by atoms with Gasteiger partial charge in [-0.2, -0.15) is 0 Å². The molecule has 0 fully saturated rings. The van der Waals surface area contributed by atoms with Gasteiger partial charge >= 0.3 is 5.97 Å². The van der Waals surface area contributed by atoms with Gasteiger partial charge in [-0.1, -0.05) is 104 Å². The average molecular weight is 581 g/mol. The molecule has 0 saturated heterocycles. The Balaban J connectivity index is 4.54. The SMILES string of the molecule is C/C(=C/C=C/C=C/C(C)C(=O)O)NC(=O)CC(O)\C(C)=C/C=C\C=C(C)\C=C\C=C/C=C/CNC(=O)C(O)CC(C)C. The lowest BCUT2D eigenvalue weighted by molar-refractivity contribution is -0.139. The van der Waals surface area contributed by atoms with Crippen LogP contribution >= 0.6 is 0 Å². The number of hydrogen-bond acceptors (Lipinski definition) is 5. The molecule has 0 spiro atoms. The minimum absolute atomic E-state index is 0.0774. The van der Waals surface area contributed by atoms with Gasteiger partial charge in [0.25, 0.3) is 0 Å². The minimum atomic E-state index is -0.976. The van der Waals surface area contributed by atoms with Crippen LogP contribution in [0.4, 0.5) is 0 Å². The lowest BCUT2D eigenvalue weighted by Gasteiger charge is -2.11. The highest BCUT2D eigenvalue weighted by molar-refractivity contribution is 5.80. The Hall–Kier alpha value is -4.01. The summed E-state index contributed by atoms with van der Waals surface area (Å²) in [7, 11) is 0. The first-order valence-corrected chi connectivity index (χ1v) is 14.0. The monoisotopic (exact) mass is 580 g/mol. The number of allylic oxidation sites excluding steroid dienone is 15. The van der Waals surface area contributed by atoms with Gasteiger partial charge in [-0.05, 0) is 51.7 Å². The number of aliphatic carboxylic acids is 1. The molecule has 0 aromatic rings. The van der Waals surface area contributed by atoms with Crippen LogP contribution in [-0.4, -0.2) is 51.9 Å². The fraction of sp³-hybridized carbons (Fsp3) is 0.382. The van der Waals surface area contributed by atoms with Crippen LogP contribution in [0.1, 0.15) is 54.4 Å². The van der Waals surface area contributed by atoms with Crippen LogP contribution in [0.5, 0.6) is 0 Å². The Bertz CT molecular complexity index is 1130. The molecule has 0 rings (SSSR count). The number of carboxylic acid groups (broad SMARTS) is 1. The number of carbonyl (C=O) groups excluding carboxylic acids is 2. The van der Waals surface area contributed by atoms with Crippen LogP contribution < -0.4 is 10.6 Å². The summed E-state index contributed by atoms with van der Waals surface area (Å²) in [5, 5.41) is 34.3. The lowest BCUT2D eigenvalue weighted by atomic mass is 10.1. The molecule has 3 unspecified atom stereocenters. The van der Waals surface area contributed by atoms with Gasteiger partial charge < -0.3 is 26.0 Å². The number of nitrogens with one attached hydrogen (secondary N) is 2. The van der Waals surface area contributed by atoms with Crippen LogP contribution in [0.15, 0.2) is 108 Å². The molecular weight excluding hydrogens is 532 g/mol. The van der Waals surface area contributed by atoms with Crippen molar-refractivity contribution in [3.8, 4) is 0 Å². The van der Waals surface area contributed by atoms with Gasteiger partial charge in [-0.15, -0.1) is 0 Å². The molecule has 8 nitrogen and oxygen atoms in total. The highest BCUT2D eigenvalue weighted by Crippen LogP contribution is 2.07. The summed E-state index contributed by atoms with van der Waals surface area (Å²) in [5.74, 6) is -1.89. The van der Waals surface area contributed by atoms with Crippen molar-refractivity contribution in [3.05, 3.63) is 108 Å². The van der Waals surface area contributed by atoms with Gasteiger partial charge in [0.2, 0.25) is 11.8 Å².